The fourth-order valence-electron chi connectivity index (χ4n) is 1.77. The quantitative estimate of drug-likeness (QED) is 0.783. The van der Waals surface area contributed by atoms with Crippen LogP contribution in [0.2, 0.25) is 0 Å². The van der Waals surface area contributed by atoms with Crippen LogP contribution in [-0.4, -0.2) is 21.6 Å². The Balaban J connectivity index is 2.55. The van der Waals surface area contributed by atoms with Crippen LogP contribution in [-0.2, 0) is 0 Å². The largest absolute Gasteiger partial charge is 0.496 e. The molecule has 0 aliphatic carbocycles. The lowest BCUT2D eigenvalue weighted by Gasteiger charge is -2.10. The van der Waals surface area contributed by atoms with Gasteiger partial charge in [0.1, 0.15) is 11.4 Å². The molecule has 0 bridgehead atoms. The van der Waals surface area contributed by atoms with Crippen LogP contribution in [0.3, 0.4) is 0 Å². The van der Waals surface area contributed by atoms with Crippen molar-refractivity contribution >= 4 is 17.5 Å². The van der Waals surface area contributed by atoms with Crippen LogP contribution in [0.15, 0.2) is 18.3 Å². The molecule has 17 heavy (non-hydrogen) atoms. The molecule has 2 rings (SSSR count). The number of aromatic nitrogens is 2. The zero-order chi connectivity index (χ0) is 12.4. The number of carbonyl (C=O) groups is 1. The SMILES string of the molecule is COc1cc(C)cc(C)c1C(=O)c1cnsn1. The van der Waals surface area contributed by atoms with E-state index in [0.717, 1.165) is 22.9 Å². The zero-order valence-corrected chi connectivity index (χ0v) is 10.7. The number of benzene rings is 1. The van der Waals surface area contributed by atoms with Crippen molar-refractivity contribution in [1.82, 2.24) is 8.75 Å². The maximum atomic E-state index is 12.2. The van der Waals surface area contributed by atoms with Crippen molar-refractivity contribution in [2.24, 2.45) is 0 Å². The van der Waals surface area contributed by atoms with E-state index < -0.39 is 0 Å². The number of ketones is 1. The van der Waals surface area contributed by atoms with Crippen LogP contribution in [0.1, 0.15) is 27.2 Å². The number of ether oxygens (including phenoxy) is 1. The molecule has 1 heterocycles. The highest BCUT2D eigenvalue weighted by atomic mass is 32.1. The number of carbonyl (C=O) groups excluding carboxylic acids is 1. The van der Waals surface area contributed by atoms with Crippen LogP contribution >= 0.6 is 11.7 Å². The van der Waals surface area contributed by atoms with Gasteiger partial charge in [-0.2, -0.15) is 8.75 Å². The highest BCUT2D eigenvalue weighted by molar-refractivity contribution is 6.99. The van der Waals surface area contributed by atoms with E-state index in [-0.39, 0.29) is 5.78 Å². The Bertz CT molecular complexity index is 550. The molecule has 88 valence electrons. The van der Waals surface area contributed by atoms with Crippen molar-refractivity contribution in [1.29, 1.82) is 0 Å². The first kappa shape index (κ1) is 11.7. The van der Waals surface area contributed by atoms with Gasteiger partial charge in [-0.05, 0) is 31.0 Å². The van der Waals surface area contributed by atoms with Crippen LogP contribution in [0.5, 0.6) is 5.75 Å². The molecule has 1 aromatic carbocycles. The fourth-order valence-corrected chi connectivity index (χ4v) is 2.19. The van der Waals surface area contributed by atoms with E-state index in [1.165, 1.54) is 6.20 Å². The molecule has 0 aliphatic rings. The third-order valence-corrected chi connectivity index (χ3v) is 2.96. The van der Waals surface area contributed by atoms with Gasteiger partial charge in [0, 0.05) is 0 Å². The monoisotopic (exact) mass is 248 g/mol. The Morgan fingerprint density at radius 1 is 1.35 bits per heavy atom. The maximum absolute atomic E-state index is 12.2. The summed E-state index contributed by atoms with van der Waals surface area (Å²) in [4.78, 5) is 12.2. The molecular weight excluding hydrogens is 236 g/mol. The second-order valence-electron chi connectivity index (χ2n) is 3.78. The first-order valence-electron chi connectivity index (χ1n) is 5.11. The molecule has 0 atom stereocenters. The molecule has 0 radical (unpaired) electrons. The highest BCUT2D eigenvalue weighted by Gasteiger charge is 2.19. The van der Waals surface area contributed by atoms with E-state index in [1.807, 2.05) is 26.0 Å². The van der Waals surface area contributed by atoms with Gasteiger partial charge in [0.25, 0.3) is 0 Å². The summed E-state index contributed by atoms with van der Waals surface area (Å²) >= 11 is 1.02. The number of hydrogen-bond acceptors (Lipinski definition) is 5. The van der Waals surface area contributed by atoms with E-state index in [1.54, 1.807) is 7.11 Å². The Kier molecular flexibility index (Phi) is 3.19. The second kappa shape index (κ2) is 4.63. The van der Waals surface area contributed by atoms with Crippen LogP contribution in [0, 0.1) is 13.8 Å². The van der Waals surface area contributed by atoms with Crippen molar-refractivity contribution in [2.75, 3.05) is 7.11 Å². The molecule has 5 heteroatoms. The Morgan fingerprint density at radius 2 is 2.12 bits per heavy atom. The Morgan fingerprint density at radius 3 is 2.71 bits per heavy atom. The predicted molar refractivity (Wildman–Crippen MR) is 65.8 cm³/mol. The number of nitrogens with zero attached hydrogens (tertiary/aromatic N) is 2. The predicted octanol–water partition coefficient (Wildman–Crippen LogP) is 2.39. The number of rotatable bonds is 3. The molecule has 0 unspecified atom stereocenters. The van der Waals surface area contributed by atoms with E-state index in [9.17, 15) is 4.79 Å². The van der Waals surface area contributed by atoms with E-state index in [4.69, 9.17) is 4.74 Å². The van der Waals surface area contributed by atoms with Crippen molar-refractivity contribution in [3.05, 3.63) is 40.7 Å². The lowest BCUT2D eigenvalue weighted by Crippen LogP contribution is -2.07. The minimum atomic E-state index is -0.145. The van der Waals surface area contributed by atoms with Gasteiger partial charge in [0.2, 0.25) is 5.78 Å². The van der Waals surface area contributed by atoms with Gasteiger partial charge in [-0.25, -0.2) is 0 Å². The van der Waals surface area contributed by atoms with Gasteiger partial charge in [0.15, 0.2) is 0 Å². The smallest absolute Gasteiger partial charge is 0.218 e. The third kappa shape index (κ3) is 2.19. The van der Waals surface area contributed by atoms with Gasteiger partial charge < -0.3 is 4.74 Å². The Hall–Kier alpha value is -1.75. The van der Waals surface area contributed by atoms with Gasteiger partial charge in [-0.15, -0.1) is 0 Å². The minimum Gasteiger partial charge on any atom is -0.496 e. The highest BCUT2D eigenvalue weighted by Crippen LogP contribution is 2.26. The molecular formula is C12H12N2O2S. The summed E-state index contributed by atoms with van der Waals surface area (Å²) in [6.45, 7) is 3.86. The second-order valence-corrected chi connectivity index (χ2v) is 4.34. The summed E-state index contributed by atoms with van der Waals surface area (Å²) in [5, 5.41) is 0. The van der Waals surface area contributed by atoms with Crippen LogP contribution in [0.4, 0.5) is 0 Å². The molecule has 0 N–H and O–H groups in total. The third-order valence-electron chi connectivity index (χ3n) is 2.48. The number of hydrogen-bond donors (Lipinski definition) is 0. The molecule has 2 aromatic rings. The van der Waals surface area contributed by atoms with E-state index in [2.05, 4.69) is 8.75 Å². The molecule has 1 aromatic heterocycles. The summed E-state index contributed by atoms with van der Waals surface area (Å²) in [5.74, 6) is 0.439. The first-order chi connectivity index (χ1) is 8.13. The van der Waals surface area contributed by atoms with Crippen molar-refractivity contribution < 1.29 is 9.53 Å². The molecule has 0 aliphatic heterocycles. The van der Waals surface area contributed by atoms with Gasteiger partial charge in [-0.3, -0.25) is 4.79 Å². The van der Waals surface area contributed by atoms with E-state index >= 15 is 0 Å². The fraction of sp³-hybridized carbons (Fsp3) is 0.250. The number of methoxy groups -OCH3 is 1. The summed E-state index contributed by atoms with van der Waals surface area (Å²) in [7, 11) is 1.56. The molecule has 0 spiro atoms. The lowest BCUT2D eigenvalue weighted by atomic mass is 9.99. The molecule has 0 amide bonds. The summed E-state index contributed by atoms with van der Waals surface area (Å²) in [6, 6.07) is 3.80. The number of aryl methyl sites for hydroxylation is 2. The first-order valence-corrected chi connectivity index (χ1v) is 5.84. The normalized spacial score (nSPS) is 10.3. The van der Waals surface area contributed by atoms with Gasteiger partial charge >= 0.3 is 0 Å². The van der Waals surface area contributed by atoms with Crippen molar-refractivity contribution in [3.8, 4) is 5.75 Å². The summed E-state index contributed by atoms with van der Waals surface area (Å²) < 4.78 is 13.1. The van der Waals surface area contributed by atoms with E-state index in [0.29, 0.717) is 17.0 Å². The van der Waals surface area contributed by atoms with Crippen LogP contribution in [0.25, 0.3) is 0 Å². The maximum Gasteiger partial charge on any atom is 0.218 e. The average Bonchev–Trinajstić information content (AvgIpc) is 2.80. The van der Waals surface area contributed by atoms with Crippen molar-refractivity contribution in [2.45, 2.75) is 13.8 Å². The van der Waals surface area contributed by atoms with Gasteiger partial charge in [0.05, 0.1) is 30.6 Å². The lowest BCUT2D eigenvalue weighted by molar-refractivity contribution is 0.103. The molecule has 0 saturated carbocycles. The molecule has 0 saturated heterocycles. The van der Waals surface area contributed by atoms with Crippen LogP contribution < -0.4 is 4.74 Å². The molecule has 4 nitrogen and oxygen atoms in total. The topological polar surface area (TPSA) is 52.1 Å². The summed E-state index contributed by atoms with van der Waals surface area (Å²) in [6.07, 6.45) is 1.48. The summed E-state index contributed by atoms with van der Waals surface area (Å²) in [5.41, 5.74) is 2.87. The average molecular weight is 248 g/mol. The Labute approximate surface area is 104 Å². The zero-order valence-electron chi connectivity index (χ0n) is 9.85. The minimum absolute atomic E-state index is 0.145. The molecule has 0 fully saturated rings. The van der Waals surface area contributed by atoms with Crippen molar-refractivity contribution in [3.63, 3.8) is 0 Å². The standard InChI is InChI=1S/C12H12N2O2S/c1-7-4-8(2)11(10(5-7)16-3)12(15)9-6-13-17-14-9/h4-6H,1-3H3. The van der Waals surface area contributed by atoms with Gasteiger partial charge in [-0.1, -0.05) is 6.07 Å².